The van der Waals surface area contributed by atoms with Gasteiger partial charge in [0.15, 0.2) is 6.61 Å². The molecule has 2 fully saturated rings. The van der Waals surface area contributed by atoms with Gasteiger partial charge in [0.2, 0.25) is 5.91 Å². The molecule has 0 unspecified atom stereocenters. The zero-order valence-corrected chi connectivity index (χ0v) is 20.2. The van der Waals surface area contributed by atoms with E-state index >= 15 is 0 Å². The first kappa shape index (κ1) is 24.3. The molecule has 0 spiro atoms. The standard InChI is InChI=1S/C26H34N2O6/c1-16-12-20(24-17(2)18(3)25(31)34-21(24)13-16)33-15-22(29)27-10-7-23(30)28-11-9-26(32)8-5-4-6-19(26)14-28/h12-13,19,32H,4-11,14-15H2,1-3H3,(H,27,29)/t19-,26+/m1/s1. The summed E-state index contributed by atoms with van der Waals surface area (Å²) in [7, 11) is 0. The number of carbonyl (C=O) groups excluding carboxylic acids is 2. The zero-order valence-electron chi connectivity index (χ0n) is 20.2. The number of nitrogens with zero attached hydrogens (tertiary/aromatic N) is 1. The van der Waals surface area contributed by atoms with Crippen LogP contribution in [0.25, 0.3) is 11.0 Å². The number of hydrogen-bond acceptors (Lipinski definition) is 6. The molecule has 8 heteroatoms. The Bertz CT molecular complexity index is 1160. The van der Waals surface area contributed by atoms with Gasteiger partial charge < -0.3 is 24.5 Å². The van der Waals surface area contributed by atoms with Gasteiger partial charge in [0, 0.05) is 37.5 Å². The van der Waals surface area contributed by atoms with Gasteiger partial charge in [0.1, 0.15) is 11.3 Å². The fourth-order valence-corrected chi connectivity index (χ4v) is 5.26. The Hall–Kier alpha value is -2.87. The van der Waals surface area contributed by atoms with E-state index < -0.39 is 5.60 Å². The minimum absolute atomic E-state index is 0.000325. The smallest absolute Gasteiger partial charge is 0.339 e. The van der Waals surface area contributed by atoms with Crippen LogP contribution in [0.1, 0.15) is 55.2 Å². The van der Waals surface area contributed by atoms with E-state index in [9.17, 15) is 19.5 Å². The van der Waals surface area contributed by atoms with Gasteiger partial charge in [0.05, 0.1) is 11.0 Å². The molecule has 2 N–H and O–H groups in total. The number of benzene rings is 1. The summed E-state index contributed by atoms with van der Waals surface area (Å²) in [5.41, 5.74) is 1.56. The minimum atomic E-state index is -0.611. The average molecular weight is 471 g/mol. The molecular formula is C26H34N2O6. The van der Waals surface area contributed by atoms with Crippen LogP contribution < -0.4 is 15.7 Å². The van der Waals surface area contributed by atoms with E-state index in [2.05, 4.69) is 5.32 Å². The van der Waals surface area contributed by atoms with Crippen LogP contribution in [0.5, 0.6) is 5.75 Å². The molecule has 0 radical (unpaired) electrons. The van der Waals surface area contributed by atoms with Gasteiger partial charge in [-0.1, -0.05) is 12.8 Å². The van der Waals surface area contributed by atoms with Crippen LogP contribution in [0.4, 0.5) is 0 Å². The lowest BCUT2D eigenvalue weighted by Crippen LogP contribution is -2.54. The van der Waals surface area contributed by atoms with Gasteiger partial charge in [-0.05, 0) is 63.3 Å². The molecule has 2 heterocycles. The van der Waals surface area contributed by atoms with E-state index in [0.29, 0.717) is 41.8 Å². The minimum Gasteiger partial charge on any atom is -0.483 e. The summed E-state index contributed by atoms with van der Waals surface area (Å²) in [6.45, 7) is 6.58. The number of rotatable bonds is 6. The van der Waals surface area contributed by atoms with Gasteiger partial charge in [-0.15, -0.1) is 0 Å². The number of amides is 2. The molecule has 1 aliphatic carbocycles. The Morgan fingerprint density at radius 1 is 1.21 bits per heavy atom. The van der Waals surface area contributed by atoms with Crippen LogP contribution in [-0.2, 0) is 9.59 Å². The van der Waals surface area contributed by atoms with E-state index in [1.54, 1.807) is 13.0 Å². The maximum Gasteiger partial charge on any atom is 0.339 e. The number of piperidine rings is 1. The number of hydrogen-bond donors (Lipinski definition) is 2. The van der Waals surface area contributed by atoms with Crippen molar-refractivity contribution in [1.29, 1.82) is 0 Å². The number of fused-ring (bicyclic) bond motifs is 2. The van der Waals surface area contributed by atoms with Crippen molar-refractivity contribution in [3.05, 3.63) is 39.2 Å². The summed E-state index contributed by atoms with van der Waals surface area (Å²) < 4.78 is 11.2. The van der Waals surface area contributed by atoms with E-state index in [1.807, 2.05) is 24.8 Å². The second kappa shape index (κ2) is 9.78. The maximum absolute atomic E-state index is 12.6. The third-order valence-corrected chi connectivity index (χ3v) is 7.46. The Labute approximate surface area is 199 Å². The van der Waals surface area contributed by atoms with E-state index in [4.69, 9.17) is 9.15 Å². The average Bonchev–Trinajstić information content (AvgIpc) is 2.80. The first-order chi connectivity index (χ1) is 16.2. The molecule has 1 saturated heterocycles. The molecule has 184 valence electrons. The SMILES string of the molecule is Cc1cc(OCC(=O)NCCC(=O)N2CC[C@@]3(O)CCCC[C@@H]3C2)c2c(C)c(C)c(=O)oc2c1. The van der Waals surface area contributed by atoms with Gasteiger partial charge in [-0.2, -0.15) is 0 Å². The van der Waals surface area contributed by atoms with Crippen LogP contribution in [0.3, 0.4) is 0 Å². The number of nitrogens with one attached hydrogen (secondary N) is 1. The number of aliphatic hydroxyl groups is 1. The van der Waals surface area contributed by atoms with Crippen molar-refractivity contribution < 1.29 is 23.8 Å². The van der Waals surface area contributed by atoms with Gasteiger partial charge in [-0.25, -0.2) is 4.79 Å². The molecule has 1 aromatic heterocycles. The highest BCUT2D eigenvalue weighted by atomic mass is 16.5. The fourth-order valence-electron chi connectivity index (χ4n) is 5.26. The fraction of sp³-hybridized carbons (Fsp3) is 0.577. The van der Waals surface area contributed by atoms with Crippen molar-refractivity contribution in [2.24, 2.45) is 5.92 Å². The number of ether oxygens (including phenoxy) is 1. The Morgan fingerprint density at radius 3 is 2.79 bits per heavy atom. The van der Waals surface area contributed by atoms with E-state index in [-0.39, 0.29) is 42.9 Å². The summed E-state index contributed by atoms with van der Waals surface area (Å²) in [4.78, 5) is 38.8. The van der Waals surface area contributed by atoms with Crippen LogP contribution >= 0.6 is 0 Å². The molecule has 1 aromatic carbocycles. The van der Waals surface area contributed by atoms with Crippen molar-refractivity contribution >= 4 is 22.8 Å². The van der Waals surface area contributed by atoms with Gasteiger partial charge >= 0.3 is 5.63 Å². The molecule has 1 aliphatic heterocycles. The summed E-state index contributed by atoms with van der Waals surface area (Å²) in [6.07, 6.45) is 4.80. The van der Waals surface area contributed by atoms with Crippen molar-refractivity contribution in [2.45, 2.75) is 64.9 Å². The summed E-state index contributed by atoms with van der Waals surface area (Å²) in [6, 6.07) is 3.59. The number of carbonyl (C=O) groups is 2. The molecule has 0 bridgehead atoms. The molecule has 2 amide bonds. The third-order valence-electron chi connectivity index (χ3n) is 7.46. The predicted octanol–water partition coefficient (Wildman–Crippen LogP) is 2.76. The molecule has 2 aromatic rings. The summed E-state index contributed by atoms with van der Waals surface area (Å²) >= 11 is 0. The zero-order chi connectivity index (χ0) is 24.5. The molecule has 34 heavy (non-hydrogen) atoms. The van der Waals surface area contributed by atoms with Gasteiger partial charge in [-0.3, -0.25) is 9.59 Å². The highest BCUT2D eigenvalue weighted by molar-refractivity contribution is 5.88. The highest BCUT2D eigenvalue weighted by Crippen LogP contribution is 2.39. The second-order valence-electron chi connectivity index (χ2n) is 9.80. The number of aryl methyl sites for hydroxylation is 2. The third kappa shape index (κ3) is 4.97. The van der Waals surface area contributed by atoms with Crippen molar-refractivity contribution in [3.63, 3.8) is 0 Å². The van der Waals surface area contributed by atoms with Crippen molar-refractivity contribution in [3.8, 4) is 5.75 Å². The summed E-state index contributed by atoms with van der Waals surface area (Å²) in [5.74, 6) is 0.315. The Balaban J connectivity index is 1.29. The lowest BCUT2D eigenvalue weighted by Gasteiger charge is -2.47. The predicted molar refractivity (Wildman–Crippen MR) is 128 cm³/mol. The largest absolute Gasteiger partial charge is 0.483 e. The molecule has 1 saturated carbocycles. The first-order valence-corrected chi connectivity index (χ1v) is 12.1. The molecular weight excluding hydrogens is 436 g/mol. The van der Waals surface area contributed by atoms with E-state index in [0.717, 1.165) is 36.8 Å². The normalized spacial score (nSPS) is 22.4. The highest BCUT2D eigenvalue weighted by Gasteiger charge is 2.43. The monoisotopic (exact) mass is 470 g/mol. The molecule has 2 atom stereocenters. The lowest BCUT2D eigenvalue weighted by molar-refractivity contribution is -0.143. The molecule has 4 rings (SSSR count). The second-order valence-corrected chi connectivity index (χ2v) is 9.80. The van der Waals surface area contributed by atoms with Crippen molar-refractivity contribution in [1.82, 2.24) is 10.2 Å². The molecule has 2 aliphatic rings. The van der Waals surface area contributed by atoms with Crippen LogP contribution in [-0.4, -0.2) is 53.7 Å². The summed E-state index contributed by atoms with van der Waals surface area (Å²) in [5, 5.41) is 14.2. The Kier molecular flexibility index (Phi) is 6.98. The van der Waals surface area contributed by atoms with Crippen LogP contribution in [0, 0.1) is 26.7 Å². The molecule has 8 nitrogen and oxygen atoms in total. The topological polar surface area (TPSA) is 109 Å². The van der Waals surface area contributed by atoms with Crippen LogP contribution in [0.15, 0.2) is 21.3 Å². The lowest BCUT2D eigenvalue weighted by atomic mass is 9.71. The maximum atomic E-state index is 12.6. The quantitative estimate of drug-likeness (QED) is 0.629. The van der Waals surface area contributed by atoms with Gasteiger partial charge in [0.25, 0.3) is 5.91 Å². The first-order valence-electron chi connectivity index (χ1n) is 12.1. The Morgan fingerprint density at radius 2 is 2.00 bits per heavy atom. The van der Waals surface area contributed by atoms with E-state index in [1.165, 1.54) is 0 Å². The van der Waals surface area contributed by atoms with Crippen LogP contribution in [0.2, 0.25) is 0 Å². The number of likely N-dealkylation sites (tertiary alicyclic amines) is 1. The van der Waals surface area contributed by atoms with Crippen molar-refractivity contribution in [2.75, 3.05) is 26.2 Å².